The quantitative estimate of drug-likeness (QED) is 0.198. The lowest BCUT2D eigenvalue weighted by atomic mass is 10.0. The van der Waals surface area contributed by atoms with Gasteiger partial charge in [0, 0.05) is 0 Å². The van der Waals surface area contributed by atoms with Gasteiger partial charge in [-0.15, -0.1) is 0 Å². The van der Waals surface area contributed by atoms with Crippen molar-refractivity contribution in [3.8, 4) is 0 Å². The van der Waals surface area contributed by atoms with Crippen molar-refractivity contribution in [3.05, 3.63) is 0 Å². The standard InChI is InChI=1S/C20H43S.C2HF3O2/c1-4-5-6-7-8-9-10-11-12-13-14-15-16-17-18-19-20-21(2)3;3-2(4,5)1(6)7/h4-20H2,1-3H3;(H,6,7)/q+1;/p-1. The van der Waals surface area contributed by atoms with Crippen LogP contribution >= 0.6 is 0 Å². The van der Waals surface area contributed by atoms with Crippen molar-refractivity contribution in [1.29, 1.82) is 0 Å². The van der Waals surface area contributed by atoms with Crippen molar-refractivity contribution >= 4 is 16.9 Å². The van der Waals surface area contributed by atoms with E-state index in [-0.39, 0.29) is 0 Å². The zero-order valence-corrected chi connectivity index (χ0v) is 19.2. The minimum Gasteiger partial charge on any atom is -0.542 e. The number of alkyl halides is 3. The molecule has 2 nitrogen and oxygen atoms in total. The number of hydrogen-bond acceptors (Lipinski definition) is 2. The summed E-state index contributed by atoms with van der Waals surface area (Å²) < 4.78 is 31.5. The highest BCUT2D eigenvalue weighted by atomic mass is 32.2. The van der Waals surface area contributed by atoms with Gasteiger partial charge in [0.25, 0.3) is 0 Å². The fourth-order valence-corrected chi connectivity index (χ4v) is 3.72. The van der Waals surface area contributed by atoms with Crippen molar-refractivity contribution < 1.29 is 23.1 Å². The maximum atomic E-state index is 10.5. The van der Waals surface area contributed by atoms with Crippen molar-refractivity contribution in [2.24, 2.45) is 0 Å². The van der Waals surface area contributed by atoms with E-state index in [4.69, 9.17) is 9.90 Å². The average molecular weight is 429 g/mol. The molecular weight excluding hydrogens is 385 g/mol. The number of aliphatic carboxylic acids is 1. The summed E-state index contributed by atoms with van der Waals surface area (Å²) >= 11 is 0. The Hall–Kier alpha value is -0.390. The highest BCUT2D eigenvalue weighted by molar-refractivity contribution is 7.95. The molecule has 0 aromatic rings. The minimum absolute atomic E-state index is 0.667. The molecule has 0 saturated carbocycles. The number of halogens is 3. The first-order valence-electron chi connectivity index (χ1n) is 11.0. The van der Waals surface area contributed by atoms with Crippen LogP contribution in [-0.4, -0.2) is 30.4 Å². The van der Waals surface area contributed by atoms with Gasteiger partial charge in [-0.2, -0.15) is 13.2 Å². The highest BCUT2D eigenvalue weighted by Gasteiger charge is 2.28. The van der Waals surface area contributed by atoms with E-state index in [1.54, 1.807) is 0 Å². The van der Waals surface area contributed by atoms with Gasteiger partial charge in [0.1, 0.15) is 11.7 Å². The SMILES string of the molecule is CCCCCCCCCCCCCCCCCC[S+](C)C.O=C([O-])C(F)(F)F. The molecule has 170 valence electrons. The van der Waals surface area contributed by atoms with Gasteiger partial charge in [-0.25, -0.2) is 0 Å². The summed E-state index contributed by atoms with van der Waals surface area (Å²) in [5.41, 5.74) is 0. The van der Waals surface area contributed by atoms with E-state index in [0.717, 1.165) is 0 Å². The molecule has 0 aromatic heterocycles. The molecule has 0 fully saturated rings. The molecule has 0 saturated heterocycles. The molecule has 0 atom stereocenters. The Labute approximate surface area is 174 Å². The normalized spacial score (nSPS) is 11.4. The topological polar surface area (TPSA) is 40.1 Å². The average Bonchev–Trinajstić information content (AvgIpc) is 2.61. The maximum absolute atomic E-state index is 10.5. The predicted molar refractivity (Wildman–Crippen MR) is 115 cm³/mol. The van der Waals surface area contributed by atoms with Crippen LogP contribution in [0, 0.1) is 0 Å². The number of carbonyl (C=O) groups is 1. The first kappa shape index (κ1) is 29.8. The number of carbonyl (C=O) groups excluding carboxylic acids is 1. The molecule has 0 aromatic carbocycles. The van der Waals surface area contributed by atoms with Crippen molar-refractivity contribution in [1.82, 2.24) is 0 Å². The number of hydrogen-bond donors (Lipinski definition) is 0. The van der Waals surface area contributed by atoms with Gasteiger partial charge in [0.2, 0.25) is 0 Å². The first-order valence-corrected chi connectivity index (χ1v) is 13.2. The smallest absolute Gasteiger partial charge is 0.430 e. The van der Waals surface area contributed by atoms with E-state index >= 15 is 0 Å². The number of carboxylic acid groups (broad SMARTS) is 1. The second-order valence-corrected chi connectivity index (χ2v) is 10.2. The molecule has 0 heterocycles. The fraction of sp³-hybridized carbons (Fsp3) is 0.955. The molecule has 0 spiro atoms. The van der Waals surface area contributed by atoms with Crippen LogP contribution in [0.4, 0.5) is 13.2 Å². The summed E-state index contributed by atoms with van der Waals surface area (Å²) in [6.07, 6.45) is 23.1. The van der Waals surface area contributed by atoms with Gasteiger partial charge < -0.3 is 9.90 Å². The Bertz CT molecular complexity index is 334. The Morgan fingerprint density at radius 1 is 0.679 bits per heavy atom. The van der Waals surface area contributed by atoms with Crippen LogP contribution in [0.25, 0.3) is 0 Å². The van der Waals surface area contributed by atoms with Gasteiger partial charge in [0.15, 0.2) is 0 Å². The summed E-state index contributed by atoms with van der Waals surface area (Å²) in [5, 5.41) is 8.78. The van der Waals surface area contributed by atoms with Crippen molar-refractivity contribution in [2.45, 2.75) is 116 Å². The summed E-state index contributed by atoms with van der Waals surface area (Å²) in [5.74, 6) is -1.55. The van der Waals surface area contributed by atoms with E-state index in [2.05, 4.69) is 19.4 Å². The molecule has 0 radical (unpaired) electrons. The van der Waals surface area contributed by atoms with Crippen LogP contribution in [0.1, 0.15) is 110 Å². The number of rotatable bonds is 17. The van der Waals surface area contributed by atoms with Crippen molar-refractivity contribution in [3.63, 3.8) is 0 Å². The van der Waals surface area contributed by atoms with Crippen LogP contribution in [0.2, 0.25) is 0 Å². The molecular formula is C22H43F3O2S. The summed E-state index contributed by atoms with van der Waals surface area (Å²) in [4.78, 5) is 8.78. The lowest BCUT2D eigenvalue weighted by Gasteiger charge is -2.03. The van der Waals surface area contributed by atoms with E-state index in [0.29, 0.717) is 10.9 Å². The monoisotopic (exact) mass is 428 g/mol. The number of unbranched alkanes of at least 4 members (excludes halogenated alkanes) is 15. The van der Waals surface area contributed by atoms with E-state index in [1.807, 2.05) is 0 Å². The van der Waals surface area contributed by atoms with Crippen molar-refractivity contribution in [2.75, 3.05) is 18.3 Å². The van der Waals surface area contributed by atoms with Gasteiger partial charge in [-0.05, 0) is 23.7 Å². The Balaban J connectivity index is 0. The molecule has 28 heavy (non-hydrogen) atoms. The zero-order chi connectivity index (χ0) is 21.7. The molecule has 0 aliphatic heterocycles. The lowest BCUT2D eigenvalue weighted by molar-refractivity contribution is -0.344. The van der Waals surface area contributed by atoms with Crippen LogP contribution in [0.3, 0.4) is 0 Å². The molecule has 0 unspecified atom stereocenters. The van der Waals surface area contributed by atoms with Crippen LogP contribution in [0.15, 0.2) is 0 Å². The predicted octanol–water partition coefficient (Wildman–Crippen LogP) is 6.42. The Morgan fingerprint density at radius 3 is 1.14 bits per heavy atom. The van der Waals surface area contributed by atoms with E-state index in [9.17, 15) is 13.2 Å². The summed E-state index contributed by atoms with van der Waals surface area (Å²) in [6.45, 7) is 2.30. The zero-order valence-electron chi connectivity index (χ0n) is 18.4. The third-order valence-electron chi connectivity index (χ3n) is 4.64. The van der Waals surface area contributed by atoms with Crippen LogP contribution in [-0.2, 0) is 15.7 Å². The summed E-state index contributed by atoms with van der Waals surface area (Å²) in [6, 6.07) is 0. The van der Waals surface area contributed by atoms with Crippen LogP contribution < -0.4 is 5.11 Å². The molecule has 6 heteroatoms. The van der Waals surface area contributed by atoms with Gasteiger partial charge in [0.05, 0.1) is 12.5 Å². The molecule has 0 N–H and O–H groups in total. The summed E-state index contributed by atoms with van der Waals surface area (Å²) in [7, 11) is 0.667. The molecule has 0 aliphatic rings. The van der Waals surface area contributed by atoms with Gasteiger partial charge in [-0.3, -0.25) is 0 Å². The molecule has 0 rings (SSSR count). The maximum Gasteiger partial charge on any atom is 0.430 e. The second-order valence-electron chi connectivity index (χ2n) is 7.78. The highest BCUT2D eigenvalue weighted by Crippen LogP contribution is 2.14. The Morgan fingerprint density at radius 2 is 0.929 bits per heavy atom. The van der Waals surface area contributed by atoms with E-state index < -0.39 is 12.1 Å². The fourth-order valence-electron chi connectivity index (χ4n) is 2.94. The van der Waals surface area contributed by atoms with E-state index in [1.165, 1.54) is 108 Å². The first-order chi connectivity index (χ1) is 13.2. The molecule has 0 amide bonds. The lowest BCUT2D eigenvalue weighted by Crippen LogP contribution is -2.37. The second kappa shape index (κ2) is 21.3. The van der Waals surface area contributed by atoms with Gasteiger partial charge in [-0.1, -0.05) is 96.8 Å². The van der Waals surface area contributed by atoms with Crippen LogP contribution in [0.5, 0.6) is 0 Å². The largest absolute Gasteiger partial charge is 0.542 e. The Kier molecular flexibility index (Phi) is 22.7. The van der Waals surface area contributed by atoms with Gasteiger partial charge >= 0.3 is 6.18 Å². The molecule has 0 bridgehead atoms. The third kappa shape index (κ3) is 27.8. The number of carboxylic acids is 1. The third-order valence-corrected chi connectivity index (χ3v) is 5.74. The molecule has 0 aliphatic carbocycles. The minimum atomic E-state index is -5.19.